The first-order valence-electron chi connectivity index (χ1n) is 8.18. The van der Waals surface area contributed by atoms with E-state index in [1.165, 1.54) is 22.5 Å². The molecule has 116 valence electrons. The maximum absolute atomic E-state index is 5.66. The summed E-state index contributed by atoms with van der Waals surface area (Å²) in [5.41, 5.74) is 10.9. The minimum atomic E-state index is 0.613. The Balaban J connectivity index is 1.61. The van der Waals surface area contributed by atoms with E-state index in [1.54, 1.807) is 0 Å². The Morgan fingerprint density at radius 2 is 1.14 bits per heavy atom. The minimum absolute atomic E-state index is 0.613. The molecule has 22 heavy (non-hydrogen) atoms. The van der Waals surface area contributed by atoms with E-state index >= 15 is 0 Å². The molecule has 0 aromatic heterocycles. The quantitative estimate of drug-likeness (QED) is 0.941. The summed E-state index contributed by atoms with van der Waals surface area (Å²) in [6.07, 6.45) is 1.10. The molecule has 3 nitrogen and oxygen atoms in total. The lowest BCUT2D eigenvalue weighted by molar-refractivity contribution is 0.653. The zero-order valence-electron chi connectivity index (χ0n) is 13.3. The molecule has 0 unspecified atom stereocenters. The standard InChI is InChI=1S/C19H25N3/c1-2-16-3-7-18(8-4-16)21-11-13-22(14-12-21)19-9-5-17(15-20)6-10-19/h3-10H,2,11-15,20H2,1H3. The number of piperazine rings is 1. The number of aryl methyl sites for hydroxylation is 1. The van der Waals surface area contributed by atoms with Crippen molar-refractivity contribution < 1.29 is 0 Å². The van der Waals surface area contributed by atoms with Crippen molar-refractivity contribution in [1.29, 1.82) is 0 Å². The van der Waals surface area contributed by atoms with E-state index in [0.29, 0.717) is 6.54 Å². The van der Waals surface area contributed by atoms with Crippen molar-refractivity contribution in [3.8, 4) is 0 Å². The Morgan fingerprint density at radius 3 is 1.50 bits per heavy atom. The predicted molar refractivity (Wildman–Crippen MR) is 94.6 cm³/mol. The molecular weight excluding hydrogens is 270 g/mol. The fraction of sp³-hybridized carbons (Fsp3) is 0.368. The molecule has 3 rings (SSSR count). The zero-order chi connectivity index (χ0) is 15.4. The van der Waals surface area contributed by atoms with E-state index in [1.807, 2.05) is 0 Å². The van der Waals surface area contributed by atoms with Gasteiger partial charge in [-0.15, -0.1) is 0 Å². The average molecular weight is 295 g/mol. The van der Waals surface area contributed by atoms with Crippen LogP contribution in [-0.2, 0) is 13.0 Å². The molecule has 1 aliphatic rings. The maximum atomic E-state index is 5.66. The fourth-order valence-corrected chi connectivity index (χ4v) is 3.01. The SMILES string of the molecule is CCc1ccc(N2CCN(c3ccc(CN)cc3)CC2)cc1. The van der Waals surface area contributed by atoms with Crippen LogP contribution in [0, 0.1) is 0 Å². The molecule has 0 amide bonds. The average Bonchev–Trinajstić information content (AvgIpc) is 2.62. The molecule has 0 bridgehead atoms. The van der Waals surface area contributed by atoms with Crippen LogP contribution in [0.2, 0.25) is 0 Å². The Bertz CT molecular complexity index is 526. The highest BCUT2D eigenvalue weighted by atomic mass is 15.3. The molecule has 0 aliphatic carbocycles. The largest absolute Gasteiger partial charge is 0.368 e. The van der Waals surface area contributed by atoms with E-state index in [-0.39, 0.29) is 0 Å². The lowest BCUT2D eigenvalue weighted by Crippen LogP contribution is -2.46. The lowest BCUT2D eigenvalue weighted by Gasteiger charge is -2.37. The van der Waals surface area contributed by atoms with Crippen molar-refractivity contribution in [3.63, 3.8) is 0 Å². The lowest BCUT2D eigenvalue weighted by atomic mass is 10.1. The molecular formula is C19H25N3. The number of rotatable bonds is 4. The first kappa shape index (κ1) is 14.9. The van der Waals surface area contributed by atoms with Crippen molar-refractivity contribution in [2.24, 2.45) is 5.73 Å². The molecule has 1 heterocycles. The van der Waals surface area contributed by atoms with Gasteiger partial charge in [0.2, 0.25) is 0 Å². The van der Waals surface area contributed by atoms with Crippen LogP contribution in [0.3, 0.4) is 0 Å². The van der Waals surface area contributed by atoms with Crippen molar-refractivity contribution >= 4 is 11.4 Å². The maximum Gasteiger partial charge on any atom is 0.0367 e. The number of nitrogens with two attached hydrogens (primary N) is 1. The van der Waals surface area contributed by atoms with Gasteiger partial charge in [0, 0.05) is 44.1 Å². The topological polar surface area (TPSA) is 32.5 Å². The highest BCUT2D eigenvalue weighted by Gasteiger charge is 2.17. The minimum Gasteiger partial charge on any atom is -0.368 e. The first-order valence-corrected chi connectivity index (χ1v) is 8.18. The van der Waals surface area contributed by atoms with Gasteiger partial charge in [-0.05, 0) is 41.8 Å². The summed E-state index contributed by atoms with van der Waals surface area (Å²) in [6, 6.07) is 17.6. The second kappa shape index (κ2) is 6.84. The molecule has 2 aromatic carbocycles. The van der Waals surface area contributed by atoms with Crippen molar-refractivity contribution in [2.45, 2.75) is 19.9 Å². The number of anilines is 2. The van der Waals surface area contributed by atoms with Gasteiger partial charge >= 0.3 is 0 Å². The van der Waals surface area contributed by atoms with Crippen LogP contribution in [0.15, 0.2) is 48.5 Å². The molecule has 1 saturated heterocycles. The van der Waals surface area contributed by atoms with Gasteiger partial charge in [0.15, 0.2) is 0 Å². The molecule has 1 aliphatic heterocycles. The summed E-state index contributed by atoms with van der Waals surface area (Å²) in [6.45, 7) is 7.09. The Labute approximate surface area is 133 Å². The molecule has 2 aromatic rings. The second-order valence-corrected chi connectivity index (χ2v) is 5.86. The van der Waals surface area contributed by atoms with Crippen molar-refractivity contribution in [2.75, 3.05) is 36.0 Å². The zero-order valence-corrected chi connectivity index (χ0v) is 13.3. The van der Waals surface area contributed by atoms with Crippen LogP contribution >= 0.6 is 0 Å². The van der Waals surface area contributed by atoms with Gasteiger partial charge in [0.05, 0.1) is 0 Å². The van der Waals surface area contributed by atoms with Gasteiger partial charge in [-0.3, -0.25) is 0 Å². The highest BCUT2D eigenvalue weighted by Crippen LogP contribution is 2.21. The van der Waals surface area contributed by atoms with E-state index in [4.69, 9.17) is 5.73 Å². The summed E-state index contributed by atoms with van der Waals surface area (Å²) in [5, 5.41) is 0. The normalized spacial score (nSPS) is 15.2. The predicted octanol–water partition coefficient (Wildman–Crippen LogP) is 3.03. The summed E-state index contributed by atoms with van der Waals surface area (Å²) in [4.78, 5) is 4.93. The highest BCUT2D eigenvalue weighted by molar-refractivity contribution is 5.52. The number of nitrogens with zero attached hydrogens (tertiary/aromatic N) is 2. The fourth-order valence-electron chi connectivity index (χ4n) is 3.01. The van der Waals surface area contributed by atoms with E-state index in [2.05, 4.69) is 65.3 Å². The van der Waals surface area contributed by atoms with Gasteiger partial charge < -0.3 is 15.5 Å². The Hall–Kier alpha value is -2.00. The summed E-state index contributed by atoms with van der Waals surface area (Å²) in [7, 11) is 0. The Kier molecular flexibility index (Phi) is 4.64. The van der Waals surface area contributed by atoms with E-state index in [0.717, 1.165) is 32.6 Å². The Morgan fingerprint density at radius 1 is 0.727 bits per heavy atom. The number of hydrogen-bond acceptors (Lipinski definition) is 3. The summed E-state index contributed by atoms with van der Waals surface area (Å²) in [5.74, 6) is 0. The van der Waals surface area contributed by atoms with Crippen LogP contribution in [-0.4, -0.2) is 26.2 Å². The van der Waals surface area contributed by atoms with Crippen LogP contribution in [0.1, 0.15) is 18.1 Å². The smallest absolute Gasteiger partial charge is 0.0367 e. The molecule has 0 atom stereocenters. The van der Waals surface area contributed by atoms with E-state index in [9.17, 15) is 0 Å². The number of hydrogen-bond donors (Lipinski definition) is 1. The van der Waals surface area contributed by atoms with Crippen LogP contribution in [0.25, 0.3) is 0 Å². The van der Waals surface area contributed by atoms with Crippen LogP contribution in [0.4, 0.5) is 11.4 Å². The second-order valence-electron chi connectivity index (χ2n) is 5.86. The van der Waals surface area contributed by atoms with Gasteiger partial charge in [-0.25, -0.2) is 0 Å². The van der Waals surface area contributed by atoms with Gasteiger partial charge in [-0.1, -0.05) is 31.2 Å². The molecule has 2 N–H and O–H groups in total. The third-order valence-corrected chi connectivity index (χ3v) is 4.53. The molecule has 3 heteroatoms. The van der Waals surface area contributed by atoms with Gasteiger partial charge in [0.1, 0.15) is 0 Å². The van der Waals surface area contributed by atoms with Crippen molar-refractivity contribution in [3.05, 3.63) is 59.7 Å². The monoisotopic (exact) mass is 295 g/mol. The van der Waals surface area contributed by atoms with Crippen LogP contribution < -0.4 is 15.5 Å². The van der Waals surface area contributed by atoms with Crippen molar-refractivity contribution in [1.82, 2.24) is 0 Å². The molecule has 1 fully saturated rings. The summed E-state index contributed by atoms with van der Waals surface area (Å²) >= 11 is 0. The molecule has 0 saturated carbocycles. The first-order chi connectivity index (χ1) is 10.8. The third-order valence-electron chi connectivity index (χ3n) is 4.53. The van der Waals surface area contributed by atoms with Gasteiger partial charge in [-0.2, -0.15) is 0 Å². The number of benzene rings is 2. The molecule has 0 radical (unpaired) electrons. The van der Waals surface area contributed by atoms with E-state index < -0.39 is 0 Å². The van der Waals surface area contributed by atoms with Crippen LogP contribution in [0.5, 0.6) is 0 Å². The van der Waals surface area contributed by atoms with Gasteiger partial charge in [0.25, 0.3) is 0 Å². The third kappa shape index (κ3) is 3.25. The summed E-state index contributed by atoms with van der Waals surface area (Å²) < 4.78 is 0. The molecule has 0 spiro atoms.